The molecular weight excluding hydrogens is 219 g/mol. The third kappa shape index (κ3) is 1.75. The molecule has 0 saturated carbocycles. The Morgan fingerprint density at radius 2 is 2.17 bits per heavy atom. The first-order valence-corrected chi connectivity index (χ1v) is 4.35. The Bertz CT molecular complexity index is 294. The molecule has 1 aromatic carbocycles. The van der Waals surface area contributed by atoms with Crippen molar-refractivity contribution in [3.63, 3.8) is 0 Å². The number of rotatable bonds is 2. The van der Waals surface area contributed by atoms with Gasteiger partial charge in [-0.25, -0.2) is 4.39 Å². The van der Waals surface area contributed by atoms with Gasteiger partial charge in [0.2, 0.25) is 0 Å². The molecular formula is C10H9BrF. The third-order valence-corrected chi connectivity index (χ3v) is 2.50. The van der Waals surface area contributed by atoms with Gasteiger partial charge in [-0.3, -0.25) is 0 Å². The van der Waals surface area contributed by atoms with E-state index >= 15 is 0 Å². The summed E-state index contributed by atoms with van der Waals surface area (Å²) in [5.74, 6) is -0.335. The summed E-state index contributed by atoms with van der Waals surface area (Å²) in [6.45, 7) is 7.42. The van der Waals surface area contributed by atoms with E-state index in [2.05, 4.69) is 29.4 Å². The minimum Gasteiger partial charge on any atom is -0.206 e. The SMILES string of the molecule is [CH2]C(C=C)c1cccc(F)c1Br. The fraction of sp³-hybridized carbons (Fsp3) is 0.100. The first-order chi connectivity index (χ1) is 5.66. The van der Waals surface area contributed by atoms with E-state index in [0.29, 0.717) is 4.47 Å². The molecule has 0 nitrogen and oxygen atoms in total. The van der Waals surface area contributed by atoms with Gasteiger partial charge in [-0.05, 0) is 34.5 Å². The second-order valence-electron chi connectivity index (χ2n) is 2.49. The summed E-state index contributed by atoms with van der Waals surface area (Å²) >= 11 is 3.16. The second-order valence-corrected chi connectivity index (χ2v) is 3.28. The van der Waals surface area contributed by atoms with E-state index in [1.165, 1.54) is 6.07 Å². The monoisotopic (exact) mass is 227 g/mol. The first-order valence-electron chi connectivity index (χ1n) is 3.56. The zero-order chi connectivity index (χ0) is 9.14. The maximum Gasteiger partial charge on any atom is 0.137 e. The number of benzene rings is 1. The van der Waals surface area contributed by atoms with E-state index in [9.17, 15) is 4.39 Å². The van der Waals surface area contributed by atoms with Crippen LogP contribution in [0.25, 0.3) is 0 Å². The standard InChI is InChI=1S/C10H9BrF/c1-3-7(2)8-5-4-6-9(12)10(8)11/h3-7H,1-2H2. The molecule has 0 saturated heterocycles. The maximum absolute atomic E-state index is 13.0. The van der Waals surface area contributed by atoms with Crippen LogP contribution in [0.4, 0.5) is 4.39 Å². The molecule has 0 aliphatic carbocycles. The quantitative estimate of drug-likeness (QED) is 0.677. The van der Waals surface area contributed by atoms with Crippen molar-refractivity contribution < 1.29 is 4.39 Å². The van der Waals surface area contributed by atoms with E-state index in [4.69, 9.17) is 0 Å². The molecule has 0 aromatic heterocycles. The molecule has 0 spiro atoms. The Labute approximate surface area is 80.2 Å². The lowest BCUT2D eigenvalue weighted by Crippen LogP contribution is -1.92. The summed E-state index contributed by atoms with van der Waals surface area (Å²) < 4.78 is 13.4. The van der Waals surface area contributed by atoms with Gasteiger partial charge in [-0.2, -0.15) is 0 Å². The van der Waals surface area contributed by atoms with Crippen LogP contribution >= 0.6 is 15.9 Å². The van der Waals surface area contributed by atoms with Crippen LogP contribution in [0.5, 0.6) is 0 Å². The fourth-order valence-electron chi connectivity index (χ4n) is 0.934. The summed E-state index contributed by atoms with van der Waals surface area (Å²) in [4.78, 5) is 0. The summed E-state index contributed by atoms with van der Waals surface area (Å²) in [6, 6.07) is 4.90. The van der Waals surface area contributed by atoms with Crippen molar-refractivity contribution in [3.05, 3.63) is 53.6 Å². The van der Waals surface area contributed by atoms with Crippen LogP contribution in [0.3, 0.4) is 0 Å². The average Bonchev–Trinajstić information content (AvgIpc) is 2.08. The zero-order valence-electron chi connectivity index (χ0n) is 6.56. The highest BCUT2D eigenvalue weighted by molar-refractivity contribution is 9.10. The largest absolute Gasteiger partial charge is 0.206 e. The lowest BCUT2D eigenvalue weighted by atomic mass is 10.0. The first kappa shape index (κ1) is 9.46. The van der Waals surface area contributed by atoms with Gasteiger partial charge in [0.15, 0.2) is 0 Å². The summed E-state index contributed by atoms with van der Waals surface area (Å²) in [5.41, 5.74) is 0.824. The highest BCUT2D eigenvalue weighted by Crippen LogP contribution is 2.27. The Kier molecular flexibility index (Phi) is 3.04. The molecule has 63 valence electrons. The maximum atomic E-state index is 13.0. The van der Waals surface area contributed by atoms with Crippen molar-refractivity contribution >= 4 is 15.9 Å². The van der Waals surface area contributed by atoms with Crippen LogP contribution < -0.4 is 0 Å². The molecule has 1 rings (SSSR count). The third-order valence-electron chi connectivity index (χ3n) is 1.67. The molecule has 1 unspecified atom stereocenters. The Hall–Kier alpha value is -0.630. The highest BCUT2D eigenvalue weighted by Gasteiger charge is 2.08. The Morgan fingerprint density at radius 1 is 1.50 bits per heavy atom. The molecule has 0 heterocycles. The van der Waals surface area contributed by atoms with Gasteiger partial charge < -0.3 is 0 Å². The average molecular weight is 228 g/mol. The molecule has 0 bridgehead atoms. The van der Waals surface area contributed by atoms with Gasteiger partial charge >= 0.3 is 0 Å². The predicted molar refractivity (Wildman–Crippen MR) is 52.4 cm³/mol. The van der Waals surface area contributed by atoms with Crippen LogP contribution in [0, 0.1) is 12.7 Å². The zero-order valence-corrected chi connectivity index (χ0v) is 8.14. The lowest BCUT2D eigenvalue weighted by Gasteiger charge is -2.08. The molecule has 2 heteroatoms. The molecule has 1 aromatic rings. The van der Waals surface area contributed by atoms with E-state index in [-0.39, 0.29) is 11.7 Å². The number of hydrogen-bond donors (Lipinski definition) is 0. The van der Waals surface area contributed by atoms with Crippen LogP contribution in [0.2, 0.25) is 0 Å². The Balaban J connectivity index is 3.15. The van der Waals surface area contributed by atoms with Crippen molar-refractivity contribution in [2.75, 3.05) is 0 Å². The van der Waals surface area contributed by atoms with Crippen molar-refractivity contribution in [2.45, 2.75) is 5.92 Å². The fourth-order valence-corrected chi connectivity index (χ4v) is 1.49. The van der Waals surface area contributed by atoms with Crippen LogP contribution in [0.1, 0.15) is 11.5 Å². The highest BCUT2D eigenvalue weighted by atomic mass is 79.9. The second kappa shape index (κ2) is 3.85. The summed E-state index contributed by atoms with van der Waals surface area (Å²) in [6.07, 6.45) is 1.68. The molecule has 0 aliphatic rings. The molecule has 0 aliphatic heterocycles. The Morgan fingerprint density at radius 3 is 2.75 bits per heavy atom. The lowest BCUT2D eigenvalue weighted by molar-refractivity contribution is 0.618. The van der Waals surface area contributed by atoms with E-state index in [0.717, 1.165) is 5.56 Å². The molecule has 0 N–H and O–H groups in total. The minimum absolute atomic E-state index is 0.0740. The molecule has 0 amide bonds. The van der Waals surface area contributed by atoms with Crippen molar-refractivity contribution in [2.24, 2.45) is 0 Å². The number of hydrogen-bond acceptors (Lipinski definition) is 0. The van der Waals surface area contributed by atoms with Crippen LogP contribution in [0.15, 0.2) is 35.3 Å². The van der Waals surface area contributed by atoms with Crippen LogP contribution in [-0.4, -0.2) is 0 Å². The number of allylic oxidation sites excluding steroid dienone is 1. The topological polar surface area (TPSA) is 0 Å². The smallest absolute Gasteiger partial charge is 0.137 e. The van der Waals surface area contributed by atoms with Gasteiger partial charge in [0, 0.05) is 5.92 Å². The summed E-state index contributed by atoms with van der Waals surface area (Å²) in [5, 5.41) is 0. The van der Waals surface area contributed by atoms with Gasteiger partial charge in [0.1, 0.15) is 5.82 Å². The number of halogens is 2. The molecule has 1 atom stereocenters. The normalized spacial score (nSPS) is 12.6. The molecule has 1 radical (unpaired) electrons. The van der Waals surface area contributed by atoms with E-state index in [1.807, 2.05) is 6.07 Å². The molecule has 12 heavy (non-hydrogen) atoms. The van der Waals surface area contributed by atoms with Crippen LogP contribution in [-0.2, 0) is 0 Å². The van der Waals surface area contributed by atoms with Gasteiger partial charge in [-0.15, -0.1) is 6.58 Å². The predicted octanol–water partition coefficient (Wildman–Crippen LogP) is 3.69. The van der Waals surface area contributed by atoms with Crippen molar-refractivity contribution in [1.29, 1.82) is 0 Å². The van der Waals surface area contributed by atoms with Crippen molar-refractivity contribution in [3.8, 4) is 0 Å². The van der Waals surface area contributed by atoms with E-state index < -0.39 is 0 Å². The molecule has 0 fully saturated rings. The summed E-state index contributed by atoms with van der Waals surface area (Å²) in [7, 11) is 0. The van der Waals surface area contributed by atoms with Gasteiger partial charge in [-0.1, -0.05) is 18.2 Å². The van der Waals surface area contributed by atoms with Gasteiger partial charge in [0.25, 0.3) is 0 Å². The van der Waals surface area contributed by atoms with Gasteiger partial charge in [0.05, 0.1) is 4.47 Å². The van der Waals surface area contributed by atoms with Crippen molar-refractivity contribution in [1.82, 2.24) is 0 Å². The minimum atomic E-state index is -0.261. The van der Waals surface area contributed by atoms with E-state index in [1.54, 1.807) is 12.1 Å².